The zero-order chi connectivity index (χ0) is 14.0. The number of carbonyl (C=O) groups excluding carboxylic acids is 1. The highest BCUT2D eigenvalue weighted by Crippen LogP contribution is 2.39. The van der Waals surface area contributed by atoms with Crippen molar-refractivity contribution in [1.82, 2.24) is 0 Å². The molecule has 18 heavy (non-hydrogen) atoms. The molecule has 106 valence electrons. The van der Waals surface area contributed by atoms with Gasteiger partial charge >= 0.3 is 0 Å². The third-order valence-electron chi connectivity index (χ3n) is 4.67. The second-order valence-corrected chi connectivity index (χ2v) is 8.08. The van der Waals surface area contributed by atoms with Gasteiger partial charge in [0.05, 0.1) is 0 Å². The Balaban J connectivity index is 2.47. The highest BCUT2D eigenvalue weighted by Gasteiger charge is 2.35. The van der Waals surface area contributed by atoms with E-state index in [1.54, 1.807) is 0 Å². The number of hydrogen-bond donors (Lipinski definition) is 0. The topological polar surface area (TPSA) is 17.1 Å². The number of ketones is 1. The minimum absolute atomic E-state index is 0.110. The van der Waals surface area contributed by atoms with Gasteiger partial charge in [-0.3, -0.25) is 4.79 Å². The normalized spacial score (nSPS) is 26.1. The van der Waals surface area contributed by atoms with Crippen LogP contribution in [0.25, 0.3) is 0 Å². The molecule has 0 radical (unpaired) electrons. The van der Waals surface area contributed by atoms with Gasteiger partial charge in [-0.1, -0.05) is 41.5 Å². The van der Waals surface area contributed by atoms with Crippen LogP contribution < -0.4 is 0 Å². The van der Waals surface area contributed by atoms with Crippen molar-refractivity contribution in [2.45, 2.75) is 80.1 Å². The van der Waals surface area contributed by atoms with Gasteiger partial charge in [0.1, 0.15) is 5.78 Å². The van der Waals surface area contributed by atoms with Crippen molar-refractivity contribution in [3.05, 3.63) is 0 Å². The molecule has 0 bridgehead atoms. The molecule has 1 aliphatic rings. The fraction of sp³-hybridized carbons (Fsp3) is 0.941. The van der Waals surface area contributed by atoms with Crippen molar-refractivity contribution in [2.24, 2.45) is 22.7 Å². The SMILES string of the molecule is CCC(C)(C)C(=O)C1CCC(CC(C)(C)C)CC1. The van der Waals surface area contributed by atoms with E-state index in [-0.39, 0.29) is 5.41 Å². The van der Waals surface area contributed by atoms with Crippen LogP contribution in [0.4, 0.5) is 0 Å². The van der Waals surface area contributed by atoms with E-state index in [0.717, 1.165) is 25.2 Å². The Morgan fingerprint density at radius 3 is 1.89 bits per heavy atom. The molecule has 0 aromatic heterocycles. The predicted molar refractivity (Wildman–Crippen MR) is 78.6 cm³/mol. The van der Waals surface area contributed by atoms with Crippen LogP contribution in [0.2, 0.25) is 0 Å². The predicted octanol–water partition coefficient (Wildman–Crippen LogP) is 5.23. The van der Waals surface area contributed by atoms with Crippen LogP contribution in [-0.2, 0) is 4.79 Å². The second kappa shape index (κ2) is 5.75. The highest BCUT2D eigenvalue weighted by atomic mass is 16.1. The maximum absolute atomic E-state index is 12.4. The Morgan fingerprint density at radius 2 is 1.50 bits per heavy atom. The number of rotatable bonds is 4. The molecule has 1 fully saturated rings. The van der Waals surface area contributed by atoms with Crippen LogP contribution in [0.3, 0.4) is 0 Å². The highest BCUT2D eigenvalue weighted by molar-refractivity contribution is 5.86. The van der Waals surface area contributed by atoms with Crippen molar-refractivity contribution in [1.29, 1.82) is 0 Å². The molecule has 1 saturated carbocycles. The summed E-state index contributed by atoms with van der Waals surface area (Å²) in [4.78, 5) is 12.4. The standard InChI is InChI=1S/C17H32O/c1-7-17(5,6)15(18)14-10-8-13(9-11-14)12-16(2,3)4/h13-14H,7-12H2,1-6H3. The lowest BCUT2D eigenvalue weighted by atomic mass is 9.69. The molecule has 0 atom stereocenters. The number of carbonyl (C=O) groups is 1. The molecule has 0 aromatic rings. The van der Waals surface area contributed by atoms with Crippen molar-refractivity contribution in [2.75, 3.05) is 0 Å². The minimum Gasteiger partial charge on any atom is -0.299 e. The average molecular weight is 252 g/mol. The lowest BCUT2D eigenvalue weighted by molar-refractivity contribution is -0.132. The average Bonchev–Trinajstić information content (AvgIpc) is 2.27. The van der Waals surface area contributed by atoms with Crippen molar-refractivity contribution in [3.8, 4) is 0 Å². The van der Waals surface area contributed by atoms with Gasteiger partial charge < -0.3 is 0 Å². The van der Waals surface area contributed by atoms with Gasteiger partial charge in [-0.15, -0.1) is 0 Å². The molecule has 1 nitrogen and oxygen atoms in total. The second-order valence-electron chi connectivity index (χ2n) is 8.08. The van der Waals surface area contributed by atoms with Gasteiger partial charge in [-0.2, -0.15) is 0 Å². The molecule has 1 aliphatic carbocycles. The van der Waals surface area contributed by atoms with E-state index in [1.807, 2.05) is 0 Å². The van der Waals surface area contributed by atoms with Gasteiger partial charge in [0.25, 0.3) is 0 Å². The fourth-order valence-corrected chi connectivity index (χ4v) is 3.22. The van der Waals surface area contributed by atoms with Crippen LogP contribution >= 0.6 is 0 Å². The molecule has 0 unspecified atom stereocenters. The monoisotopic (exact) mass is 252 g/mol. The Labute approximate surface area is 114 Å². The molecule has 0 amide bonds. The maximum Gasteiger partial charge on any atom is 0.141 e. The van der Waals surface area contributed by atoms with E-state index >= 15 is 0 Å². The zero-order valence-electron chi connectivity index (χ0n) is 13.3. The van der Waals surface area contributed by atoms with E-state index in [9.17, 15) is 4.79 Å². The first-order valence-corrected chi connectivity index (χ1v) is 7.70. The maximum atomic E-state index is 12.4. The van der Waals surface area contributed by atoms with E-state index < -0.39 is 0 Å². The summed E-state index contributed by atoms with van der Waals surface area (Å²) in [5.41, 5.74) is 0.325. The molecule has 0 aliphatic heterocycles. The van der Waals surface area contributed by atoms with Crippen molar-refractivity contribution < 1.29 is 4.79 Å². The summed E-state index contributed by atoms with van der Waals surface area (Å²) in [5.74, 6) is 1.70. The van der Waals surface area contributed by atoms with Gasteiger partial charge in [-0.25, -0.2) is 0 Å². The van der Waals surface area contributed by atoms with Crippen molar-refractivity contribution >= 4 is 5.78 Å². The quantitative estimate of drug-likeness (QED) is 0.669. The fourth-order valence-electron chi connectivity index (χ4n) is 3.22. The summed E-state index contributed by atoms with van der Waals surface area (Å²) >= 11 is 0. The van der Waals surface area contributed by atoms with E-state index in [4.69, 9.17) is 0 Å². The third kappa shape index (κ3) is 4.40. The van der Waals surface area contributed by atoms with Crippen LogP contribution in [0.15, 0.2) is 0 Å². The third-order valence-corrected chi connectivity index (χ3v) is 4.67. The Morgan fingerprint density at radius 1 is 1.00 bits per heavy atom. The smallest absolute Gasteiger partial charge is 0.141 e. The first-order chi connectivity index (χ1) is 8.15. The van der Waals surface area contributed by atoms with E-state index in [1.165, 1.54) is 19.3 Å². The molecular weight excluding hydrogens is 220 g/mol. The Kier molecular flexibility index (Phi) is 5.03. The van der Waals surface area contributed by atoms with Gasteiger partial charge in [0.2, 0.25) is 0 Å². The lowest BCUT2D eigenvalue weighted by Gasteiger charge is -2.35. The summed E-state index contributed by atoms with van der Waals surface area (Å²) in [7, 11) is 0. The van der Waals surface area contributed by atoms with Gasteiger partial charge in [0.15, 0.2) is 0 Å². The summed E-state index contributed by atoms with van der Waals surface area (Å²) in [6.07, 6.45) is 7.05. The van der Waals surface area contributed by atoms with E-state index in [2.05, 4.69) is 41.5 Å². The molecule has 0 aromatic carbocycles. The molecule has 0 saturated heterocycles. The minimum atomic E-state index is -0.110. The van der Waals surface area contributed by atoms with Crippen LogP contribution in [0.5, 0.6) is 0 Å². The van der Waals surface area contributed by atoms with Crippen LogP contribution in [0.1, 0.15) is 80.1 Å². The lowest BCUT2D eigenvalue weighted by Crippen LogP contribution is -2.33. The molecule has 1 rings (SSSR count). The first kappa shape index (κ1) is 15.7. The molecule has 0 spiro atoms. The molecular formula is C17H32O. The zero-order valence-corrected chi connectivity index (χ0v) is 13.3. The van der Waals surface area contributed by atoms with Crippen molar-refractivity contribution in [3.63, 3.8) is 0 Å². The van der Waals surface area contributed by atoms with Crippen LogP contribution in [-0.4, -0.2) is 5.78 Å². The van der Waals surface area contributed by atoms with Gasteiger partial charge in [-0.05, 0) is 49.9 Å². The van der Waals surface area contributed by atoms with Crippen LogP contribution in [0, 0.1) is 22.7 Å². The Bertz CT molecular complexity index is 274. The summed E-state index contributed by atoms with van der Waals surface area (Å²) in [6, 6.07) is 0. The van der Waals surface area contributed by atoms with E-state index in [0.29, 0.717) is 17.1 Å². The Hall–Kier alpha value is -0.330. The largest absolute Gasteiger partial charge is 0.299 e. The number of hydrogen-bond acceptors (Lipinski definition) is 1. The molecule has 1 heteroatoms. The summed E-state index contributed by atoms with van der Waals surface area (Å²) in [5, 5.41) is 0. The summed E-state index contributed by atoms with van der Waals surface area (Å²) < 4.78 is 0. The molecule has 0 N–H and O–H groups in total. The molecule has 0 heterocycles. The number of Topliss-reactive ketones (excluding diaryl/α,β-unsaturated/α-hetero) is 1. The van der Waals surface area contributed by atoms with Gasteiger partial charge in [0, 0.05) is 11.3 Å². The first-order valence-electron chi connectivity index (χ1n) is 7.70. The summed E-state index contributed by atoms with van der Waals surface area (Å²) in [6.45, 7) is 13.3.